The lowest BCUT2D eigenvalue weighted by molar-refractivity contribution is -0.129. The zero-order valence-corrected chi connectivity index (χ0v) is 16.4. The van der Waals surface area contributed by atoms with Crippen LogP contribution in [0.2, 0.25) is 0 Å². The summed E-state index contributed by atoms with van der Waals surface area (Å²) in [4.78, 5) is 27.4. The zero-order valence-electron chi connectivity index (χ0n) is 15.6. The molecular formula is C17H26N4O5S. The number of ether oxygens (including phenoxy) is 1. The summed E-state index contributed by atoms with van der Waals surface area (Å²) in [7, 11) is -0.413. The Labute approximate surface area is 159 Å². The van der Waals surface area contributed by atoms with Crippen molar-refractivity contribution in [1.82, 2.24) is 19.8 Å². The highest BCUT2D eigenvalue weighted by molar-refractivity contribution is 7.89. The molecule has 2 rings (SSSR count). The van der Waals surface area contributed by atoms with Crippen molar-refractivity contribution < 1.29 is 22.7 Å². The van der Waals surface area contributed by atoms with Crippen molar-refractivity contribution >= 4 is 22.0 Å². The highest BCUT2D eigenvalue weighted by Gasteiger charge is 2.21. The number of hydrogen-bond acceptors (Lipinski definition) is 5. The van der Waals surface area contributed by atoms with E-state index in [4.69, 9.17) is 4.74 Å². The summed E-state index contributed by atoms with van der Waals surface area (Å²) >= 11 is 0. The van der Waals surface area contributed by atoms with Crippen molar-refractivity contribution in [1.29, 1.82) is 0 Å². The molecule has 0 aromatic heterocycles. The van der Waals surface area contributed by atoms with Gasteiger partial charge in [0, 0.05) is 53.3 Å². The number of sulfonamides is 1. The smallest absolute Gasteiger partial charge is 0.317 e. The van der Waals surface area contributed by atoms with E-state index in [9.17, 15) is 18.0 Å². The highest BCUT2D eigenvalue weighted by atomic mass is 32.2. The quantitative estimate of drug-likeness (QED) is 0.628. The van der Waals surface area contributed by atoms with E-state index in [1.54, 1.807) is 29.0 Å². The molecule has 0 spiro atoms. The summed E-state index contributed by atoms with van der Waals surface area (Å²) in [5, 5.41) is 2.78. The van der Waals surface area contributed by atoms with Crippen molar-refractivity contribution in [2.24, 2.45) is 0 Å². The molecule has 0 bridgehead atoms. The van der Waals surface area contributed by atoms with E-state index in [2.05, 4.69) is 10.0 Å². The third kappa shape index (κ3) is 6.19. The number of benzene rings is 1. The Balaban J connectivity index is 1.94. The van der Waals surface area contributed by atoms with Crippen molar-refractivity contribution in [2.75, 3.05) is 46.9 Å². The van der Waals surface area contributed by atoms with Crippen LogP contribution in [0.1, 0.15) is 12.0 Å². The molecule has 2 N–H and O–H groups in total. The van der Waals surface area contributed by atoms with Crippen LogP contribution in [0.5, 0.6) is 0 Å². The minimum Gasteiger partial charge on any atom is -0.383 e. The summed E-state index contributed by atoms with van der Waals surface area (Å²) in [5.41, 5.74) is 0.668. The average molecular weight is 398 g/mol. The Kier molecular flexibility index (Phi) is 7.57. The van der Waals surface area contributed by atoms with Gasteiger partial charge in [0.05, 0.1) is 11.5 Å². The summed E-state index contributed by atoms with van der Waals surface area (Å²) in [6.45, 7) is 1.98. The molecule has 0 aliphatic carbocycles. The maximum Gasteiger partial charge on any atom is 0.317 e. The van der Waals surface area contributed by atoms with Crippen LogP contribution < -0.4 is 10.0 Å². The summed E-state index contributed by atoms with van der Waals surface area (Å²) in [5.74, 6) is 0.0178. The molecule has 150 valence electrons. The van der Waals surface area contributed by atoms with Crippen LogP contribution in [-0.2, 0) is 26.1 Å². The fourth-order valence-corrected chi connectivity index (χ4v) is 3.69. The van der Waals surface area contributed by atoms with Gasteiger partial charge in [0.25, 0.3) is 0 Å². The fourth-order valence-electron chi connectivity index (χ4n) is 2.61. The normalized spacial score (nSPS) is 15.6. The van der Waals surface area contributed by atoms with Gasteiger partial charge >= 0.3 is 6.03 Å². The van der Waals surface area contributed by atoms with E-state index in [1.807, 2.05) is 0 Å². The number of urea groups is 1. The van der Waals surface area contributed by atoms with Crippen LogP contribution in [0.15, 0.2) is 29.2 Å². The number of amides is 3. The number of carbonyl (C=O) groups is 2. The van der Waals surface area contributed by atoms with E-state index in [1.165, 1.54) is 19.2 Å². The van der Waals surface area contributed by atoms with E-state index < -0.39 is 10.0 Å². The van der Waals surface area contributed by atoms with E-state index in [-0.39, 0.29) is 36.5 Å². The molecule has 1 aliphatic heterocycles. The molecule has 0 saturated carbocycles. The van der Waals surface area contributed by atoms with E-state index in [0.29, 0.717) is 31.6 Å². The molecule has 9 nitrogen and oxygen atoms in total. The Morgan fingerprint density at radius 2 is 2.04 bits per heavy atom. The Morgan fingerprint density at radius 3 is 2.78 bits per heavy atom. The van der Waals surface area contributed by atoms with Crippen molar-refractivity contribution in [3.8, 4) is 0 Å². The second-order valence-corrected chi connectivity index (χ2v) is 8.02. The topological polar surface area (TPSA) is 108 Å². The van der Waals surface area contributed by atoms with Gasteiger partial charge in [-0.3, -0.25) is 4.79 Å². The van der Waals surface area contributed by atoms with Crippen molar-refractivity contribution in [3.63, 3.8) is 0 Å². The molecule has 0 unspecified atom stereocenters. The fraction of sp³-hybridized carbons (Fsp3) is 0.529. The molecule has 1 aromatic carbocycles. The first-order chi connectivity index (χ1) is 12.8. The average Bonchev–Trinajstić information content (AvgIpc) is 2.82. The van der Waals surface area contributed by atoms with Crippen LogP contribution >= 0.6 is 0 Å². The maximum atomic E-state index is 12.3. The second kappa shape index (κ2) is 9.67. The van der Waals surface area contributed by atoms with Crippen LogP contribution in [0, 0.1) is 0 Å². The molecule has 1 fully saturated rings. The van der Waals surface area contributed by atoms with Gasteiger partial charge in [-0.2, -0.15) is 0 Å². The standard InChI is InChI=1S/C17H26N4O5S/c1-20-9-10-21(8-6-16(20)22)17(23)18-13-14-4-3-5-15(12-14)27(24,25)19-7-11-26-2/h3-5,12,19H,6-11,13H2,1-2H3,(H,18,23). The number of likely N-dealkylation sites (N-methyl/N-ethyl adjacent to an activating group) is 1. The lowest BCUT2D eigenvalue weighted by atomic mass is 10.2. The maximum absolute atomic E-state index is 12.3. The lowest BCUT2D eigenvalue weighted by Crippen LogP contribution is -2.41. The van der Waals surface area contributed by atoms with Crippen LogP contribution in [0.25, 0.3) is 0 Å². The molecule has 1 aromatic rings. The van der Waals surface area contributed by atoms with Gasteiger partial charge in [-0.25, -0.2) is 17.9 Å². The Bertz CT molecular complexity index is 768. The largest absolute Gasteiger partial charge is 0.383 e. The first-order valence-electron chi connectivity index (χ1n) is 8.68. The van der Waals surface area contributed by atoms with Gasteiger partial charge in [-0.1, -0.05) is 12.1 Å². The van der Waals surface area contributed by atoms with Crippen LogP contribution in [0.3, 0.4) is 0 Å². The molecule has 1 heterocycles. The zero-order chi connectivity index (χ0) is 19.9. The van der Waals surface area contributed by atoms with Crippen LogP contribution in [-0.4, -0.2) is 77.1 Å². The monoisotopic (exact) mass is 398 g/mol. The van der Waals surface area contributed by atoms with Crippen molar-refractivity contribution in [3.05, 3.63) is 29.8 Å². The molecule has 3 amide bonds. The second-order valence-electron chi connectivity index (χ2n) is 6.25. The number of rotatable bonds is 7. The summed E-state index contributed by atoms with van der Waals surface area (Å²) in [6, 6.07) is 6.12. The van der Waals surface area contributed by atoms with Gasteiger partial charge in [-0.15, -0.1) is 0 Å². The van der Waals surface area contributed by atoms with E-state index >= 15 is 0 Å². The van der Waals surface area contributed by atoms with Gasteiger partial charge in [-0.05, 0) is 17.7 Å². The third-order valence-electron chi connectivity index (χ3n) is 4.26. The van der Waals surface area contributed by atoms with Gasteiger partial charge < -0.3 is 19.9 Å². The summed E-state index contributed by atoms with van der Waals surface area (Å²) < 4.78 is 31.8. The molecule has 1 saturated heterocycles. The SMILES string of the molecule is COCCNS(=O)(=O)c1cccc(CNC(=O)N2CCC(=O)N(C)CC2)c1. The van der Waals surface area contributed by atoms with Gasteiger partial charge in [0.2, 0.25) is 15.9 Å². The molecule has 0 radical (unpaired) electrons. The molecule has 0 atom stereocenters. The number of carbonyl (C=O) groups excluding carboxylic acids is 2. The number of nitrogens with zero attached hydrogens (tertiary/aromatic N) is 2. The van der Waals surface area contributed by atoms with Crippen molar-refractivity contribution in [2.45, 2.75) is 17.9 Å². The predicted molar refractivity (Wildman–Crippen MR) is 99.6 cm³/mol. The number of nitrogens with one attached hydrogen (secondary N) is 2. The molecule has 10 heteroatoms. The highest BCUT2D eigenvalue weighted by Crippen LogP contribution is 2.12. The van der Waals surface area contributed by atoms with Gasteiger partial charge in [0.15, 0.2) is 0 Å². The number of methoxy groups -OCH3 is 1. The third-order valence-corrected chi connectivity index (χ3v) is 5.72. The Hall–Kier alpha value is -2.17. The molecule has 27 heavy (non-hydrogen) atoms. The first kappa shape index (κ1) is 21.1. The summed E-state index contributed by atoms with van der Waals surface area (Å²) in [6.07, 6.45) is 0.296. The predicted octanol–water partition coefficient (Wildman–Crippen LogP) is -0.0150. The first-order valence-corrected chi connectivity index (χ1v) is 10.2. The molecular weight excluding hydrogens is 372 g/mol. The Morgan fingerprint density at radius 1 is 1.26 bits per heavy atom. The minimum atomic E-state index is -3.63. The minimum absolute atomic E-state index is 0.0178. The molecule has 1 aliphatic rings. The number of hydrogen-bond donors (Lipinski definition) is 2. The van der Waals surface area contributed by atoms with E-state index in [0.717, 1.165) is 0 Å². The van der Waals surface area contributed by atoms with Crippen LogP contribution in [0.4, 0.5) is 4.79 Å². The lowest BCUT2D eigenvalue weighted by Gasteiger charge is -2.21. The van der Waals surface area contributed by atoms with Gasteiger partial charge in [0.1, 0.15) is 0 Å².